The van der Waals surface area contributed by atoms with E-state index in [2.05, 4.69) is 47.4 Å². The van der Waals surface area contributed by atoms with Crippen molar-refractivity contribution in [2.24, 2.45) is 29.6 Å². The number of esters is 2. The van der Waals surface area contributed by atoms with Gasteiger partial charge in [-0.25, -0.2) is 24.2 Å². The van der Waals surface area contributed by atoms with Crippen molar-refractivity contribution in [2.75, 3.05) is 58.1 Å². The van der Waals surface area contributed by atoms with Crippen LogP contribution in [0.3, 0.4) is 0 Å². The molecule has 1 aliphatic heterocycles. The van der Waals surface area contributed by atoms with Crippen LogP contribution in [0.4, 0.5) is 9.59 Å². The number of amides is 9. The molecule has 2 unspecified atom stereocenters. The summed E-state index contributed by atoms with van der Waals surface area (Å²) in [6.45, 7) is 13.3. The third-order valence-electron chi connectivity index (χ3n) is 19.7. The number of nitrogens with zero attached hydrogens (tertiary/aromatic N) is 3. The summed E-state index contributed by atoms with van der Waals surface area (Å²) in [7, 11) is 3.92. The maximum Gasteiger partial charge on any atom is 0.373 e. The van der Waals surface area contributed by atoms with Crippen molar-refractivity contribution >= 4 is 134 Å². The monoisotopic (exact) mass is 1740 g/mol. The molecule has 0 spiro atoms. The number of ether oxygens (including phenoxy) is 2. The zero-order valence-corrected chi connectivity index (χ0v) is 71.3. The predicted octanol–water partition coefficient (Wildman–Crippen LogP) is 5.84. The number of carbonyl (C=O) groups is 16. The number of nitrogens with one attached hydrogen (secondary N) is 8. The Morgan fingerprint density at radius 2 is 1.30 bits per heavy atom. The molecule has 0 aliphatic carbocycles. The van der Waals surface area contributed by atoms with Gasteiger partial charge in [0.05, 0.1) is 42.3 Å². The van der Waals surface area contributed by atoms with Crippen LogP contribution in [0.2, 0.25) is 0 Å². The van der Waals surface area contributed by atoms with Crippen molar-refractivity contribution in [3.05, 3.63) is 81.3 Å². The van der Waals surface area contributed by atoms with E-state index in [4.69, 9.17) is 29.2 Å². The second kappa shape index (κ2) is 56.0. The number of urea groups is 2. The van der Waals surface area contributed by atoms with E-state index in [9.17, 15) is 102 Å². The van der Waals surface area contributed by atoms with Crippen LogP contribution in [0, 0.1) is 29.6 Å². The largest absolute Gasteiger partial charge is 0.508 e. The fourth-order valence-corrected chi connectivity index (χ4v) is 15.7. The molecule has 1 aliphatic rings. The molecule has 40 heteroatoms. The molecule has 11 atom stereocenters. The number of hydrogen-bond donors (Lipinski definition) is 14. The molecule has 1 saturated heterocycles. The maximum absolute atomic E-state index is 15.0. The van der Waals surface area contributed by atoms with Gasteiger partial charge in [-0.3, -0.25) is 62.4 Å². The number of phenolic OH excluding ortho intramolecular Hbond substituents is 1. The Labute approximate surface area is 708 Å². The lowest BCUT2D eigenvalue weighted by atomic mass is 9.82. The van der Waals surface area contributed by atoms with Gasteiger partial charge in [0.1, 0.15) is 36.7 Å². The lowest BCUT2D eigenvalue weighted by molar-refractivity contribution is -0.192. The van der Waals surface area contributed by atoms with E-state index in [0.717, 1.165) is 53.0 Å². The maximum atomic E-state index is 15.0. The zero-order valence-electron chi connectivity index (χ0n) is 68.8. The number of benzene rings is 2. The molecule has 1 fully saturated rings. The molecule has 3 aromatic rings. The molecular formula is C80H115N11O26S3. The van der Waals surface area contributed by atoms with Crippen LogP contribution in [0.25, 0.3) is 0 Å². The predicted molar refractivity (Wildman–Crippen MR) is 438 cm³/mol. The number of hydrogen-bond acceptors (Lipinski definition) is 26. The molecule has 1 aromatic heterocycles. The average Bonchev–Trinajstić information content (AvgIpc) is 1.27. The minimum atomic E-state index is -1.74. The summed E-state index contributed by atoms with van der Waals surface area (Å²) < 4.78 is 11.0. The standard InChI is InChI=1S/C79H115N11O24S3.CO2/c1-9-16-69(101)114-45-90(75(106)56(47(5)10-2)39-64(93)61-18-12-14-30-89(61)8)62(46(3)4)34-49(7)74-87-59(43-115-74)73(105)84-54(35-50-24-26-55(91)27-25-50)33-48(6)71(103)82-42-70(102)113-31-32-116-117-44-60(77(109)110)86-72(104)53(38-67(97)98)37-63(92)58(40-68(99)100)85-65(94)36-51-20-22-52(23-21-51)41-83-78(111)80-28-13-11-17-57(76(107)108)88-79(112)81-29-15-19-66(95)96;2-1-3/h20-27,43,46-49,53-54,56-58,60-62,91H,9-19,28-42,44-45H2,1-8H3,(H,82,103)(H,84,105)(H,85,94)(H,86,104)(H,95,96)(H,97,98)(H,99,100)(H,107,108)(H,109,110)(H2,80,83,111)(H2,81,88,112);/t47?,48-,49+,53-,54+,56-,57-,58-,60-,61?,62+;/m0./s1. The number of Topliss-reactive ketones (excluding diaryl/α,β-unsaturated/α-hetero) is 2. The molecule has 2 heterocycles. The molecule has 0 saturated carbocycles. The Morgan fingerprint density at radius 1 is 0.658 bits per heavy atom. The van der Waals surface area contributed by atoms with E-state index in [-0.39, 0.29) is 149 Å². The van der Waals surface area contributed by atoms with Gasteiger partial charge in [-0.1, -0.05) is 119 Å². The Bertz CT molecular complexity index is 3920. The molecule has 4 rings (SSSR count). The van der Waals surface area contributed by atoms with Crippen molar-refractivity contribution in [2.45, 2.75) is 219 Å². The number of carboxylic acids is 5. The first kappa shape index (κ1) is 104. The number of piperidine rings is 1. The van der Waals surface area contributed by atoms with Crippen LogP contribution < -0.4 is 42.5 Å². The average molecular weight is 1740 g/mol. The van der Waals surface area contributed by atoms with Gasteiger partial charge in [0.15, 0.2) is 18.3 Å². The van der Waals surface area contributed by atoms with Gasteiger partial charge >= 0.3 is 60.0 Å². The van der Waals surface area contributed by atoms with Crippen LogP contribution >= 0.6 is 32.9 Å². The molecule has 664 valence electrons. The third kappa shape index (κ3) is 40.5. The van der Waals surface area contributed by atoms with Gasteiger partial charge in [-0.2, -0.15) is 9.59 Å². The van der Waals surface area contributed by atoms with Gasteiger partial charge in [0, 0.05) is 92.0 Å². The Balaban J connectivity index is 0.0000122. The van der Waals surface area contributed by atoms with Crippen LogP contribution in [-0.4, -0.2) is 241 Å². The fraction of sp³-hybridized carbons (Fsp3) is 0.600. The summed E-state index contributed by atoms with van der Waals surface area (Å²) in [5.74, 6) is -16.5. The topological polar surface area (TPSA) is 563 Å². The molecule has 14 N–H and O–H groups in total. The van der Waals surface area contributed by atoms with Crippen molar-refractivity contribution < 1.29 is 126 Å². The molecule has 9 amide bonds. The van der Waals surface area contributed by atoms with Crippen molar-refractivity contribution in [1.82, 2.24) is 57.3 Å². The van der Waals surface area contributed by atoms with Crippen LogP contribution in [0.1, 0.15) is 196 Å². The number of likely N-dealkylation sites (N-methyl/N-ethyl adjacent to an activating group) is 1. The van der Waals surface area contributed by atoms with Crippen LogP contribution in [0.5, 0.6) is 5.75 Å². The van der Waals surface area contributed by atoms with Crippen LogP contribution in [0.15, 0.2) is 53.9 Å². The number of aromatic hydroxyl groups is 1. The third-order valence-corrected chi connectivity index (χ3v) is 23.2. The van der Waals surface area contributed by atoms with E-state index in [0.29, 0.717) is 48.2 Å². The van der Waals surface area contributed by atoms with E-state index in [1.54, 1.807) is 41.5 Å². The van der Waals surface area contributed by atoms with Gasteiger partial charge < -0.3 is 87.5 Å². The minimum Gasteiger partial charge on any atom is -0.508 e. The molecule has 120 heavy (non-hydrogen) atoms. The van der Waals surface area contributed by atoms with Crippen molar-refractivity contribution in [3.63, 3.8) is 0 Å². The molecule has 0 bridgehead atoms. The highest BCUT2D eigenvalue weighted by molar-refractivity contribution is 8.76. The van der Waals surface area contributed by atoms with Gasteiger partial charge in [0.25, 0.3) is 5.91 Å². The number of aromatic nitrogens is 1. The highest BCUT2D eigenvalue weighted by Gasteiger charge is 2.40. The first-order valence-corrected chi connectivity index (χ1v) is 43.0. The Hall–Kier alpha value is -10.6. The quantitative estimate of drug-likeness (QED) is 0.0137. The molecular weight excluding hydrogens is 1630 g/mol. The number of likely N-dealkylation sites (tertiary alicyclic amines) is 1. The number of carboxylic acid groups (broad SMARTS) is 5. The first-order chi connectivity index (χ1) is 56.9. The molecule has 2 aromatic carbocycles. The van der Waals surface area contributed by atoms with Gasteiger partial charge in [-0.05, 0) is 118 Å². The molecule has 37 nitrogen and oxygen atoms in total. The van der Waals surface area contributed by atoms with E-state index < -0.39 is 157 Å². The number of rotatable bonds is 56. The lowest BCUT2D eigenvalue weighted by Crippen LogP contribution is -2.50. The summed E-state index contributed by atoms with van der Waals surface area (Å²) in [6.07, 6.45) is 2.50. The van der Waals surface area contributed by atoms with Gasteiger partial charge in [-0.15, -0.1) is 11.3 Å². The summed E-state index contributed by atoms with van der Waals surface area (Å²) in [5.41, 5.74) is 1.82. The lowest BCUT2D eigenvalue weighted by Gasteiger charge is -2.39. The van der Waals surface area contributed by atoms with Crippen molar-refractivity contribution in [1.29, 1.82) is 0 Å². The molecule has 0 radical (unpaired) electrons. The second-order valence-electron chi connectivity index (χ2n) is 29.7. The second-order valence-corrected chi connectivity index (χ2v) is 33.2. The van der Waals surface area contributed by atoms with Crippen LogP contribution in [-0.2, 0) is 101 Å². The Kier molecular flexibility index (Phi) is 48.4. The highest BCUT2D eigenvalue weighted by Crippen LogP contribution is 2.33. The number of unbranched alkanes of at least 4 members (excludes halogenated alkanes) is 1. The van der Waals surface area contributed by atoms with E-state index >= 15 is 0 Å². The van der Waals surface area contributed by atoms with E-state index in [1.807, 2.05) is 48.6 Å². The highest BCUT2D eigenvalue weighted by atomic mass is 33.1. The Morgan fingerprint density at radius 3 is 1.92 bits per heavy atom. The fourth-order valence-electron chi connectivity index (χ4n) is 12.9. The smallest absolute Gasteiger partial charge is 0.373 e. The van der Waals surface area contributed by atoms with Gasteiger partial charge in [0.2, 0.25) is 23.6 Å². The minimum absolute atomic E-state index is 0.0158. The summed E-state index contributed by atoms with van der Waals surface area (Å²) >= 11 is 1.26. The number of thiazole rings is 1. The number of ketones is 2. The van der Waals surface area contributed by atoms with Crippen molar-refractivity contribution in [3.8, 4) is 5.75 Å². The zero-order chi connectivity index (χ0) is 89.6. The normalized spacial score (nSPS) is 15.0. The summed E-state index contributed by atoms with van der Waals surface area (Å²) in [4.78, 5) is 230. The summed E-state index contributed by atoms with van der Waals surface area (Å²) in [5, 5.41) is 79.9. The number of phenols is 1. The SMILES string of the molecule is CCCC(=O)OCN(C(=O)[C@@H](CC(=O)C1CCCCN1C)C(C)CC)[C@H](C[C@@H](C)c1nc(C(=O)N[C@@H](Cc2ccc(O)cc2)C[C@H](C)C(=O)NCC(=O)OCCSSC[C@H](NC(=O)[C@H](CC(=O)O)CC(=O)[C@H](CC(=O)O)NC(=O)Cc2ccc(CNC(=O)NCCCC[C@H](NC(=O)NCCCC(=O)O)C(=O)O)cc2)C(=O)O)cs1)C(C)C.O=C=O. The number of carbonyl (C=O) groups excluding carboxylic acids is 13. The van der Waals surface area contributed by atoms with E-state index in [1.165, 1.54) is 35.6 Å². The number of aliphatic carboxylic acids is 5. The first-order valence-electron chi connectivity index (χ1n) is 39.7. The summed E-state index contributed by atoms with van der Waals surface area (Å²) in [6, 6.07) is 5.21.